The zero-order valence-corrected chi connectivity index (χ0v) is 10.7. The number of nitrogens with zero attached hydrogens (tertiary/aromatic N) is 1. The highest BCUT2D eigenvalue weighted by Crippen LogP contribution is 2.15. The van der Waals surface area contributed by atoms with E-state index < -0.39 is 0 Å². The Balaban J connectivity index is 1.64. The zero-order chi connectivity index (χ0) is 13.1. The molecular weight excluding hydrogens is 238 g/mol. The zero-order valence-electron chi connectivity index (χ0n) is 10.7. The van der Waals surface area contributed by atoms with E-state index in [2.05, 4.69) is 39.9 Å². The fraction of sp³-hybridized carbons (Fsp3) is 0.333. The van der Waals surface area contributed by atoms with Crippen molar-refractivity contribution in [2.75, 3.05) is 6.54 Å². The average molecular weight is 255 g/mol. The molecule has 1 aromatic heterocycles. The molecule has 0 bridgehead atoms. The van der Waals surface area contributed by atoms with Crippen LogP contribution in [0.4, 0.5) is 0 Å². The molecule has 0 spiro atoms. The number of hydrogen-bond donors (Lipinski definition) is 2. The number of hydrogen-bond acceptors (Lipinski definition) is 3. The number of para-hydroxylation sites is 1. The van der Waals surface area contributed by atoms with Gasteiger partial charge in [0, 0.05) is 37.1 Å². The van der Waals surface area contributed by atoms with Gasteiger partial charge in [0.25, 0.3) is 0 Å². The predicted octanol–water partition coefficient (Wildman–Crippen LogP) is 1.60. The summed E-state index contributed by atoms with van der Waals surface area (Å²) in [5, 5.41) is 7.52. The van der Waals surface area contributed by atoms with Crippen molar-refractivity contribution in [3.8, 4) is 0 Å². The molecule has 3 rings (SSSR count). The molecular formula is C15H17N3O. The molecule has 19 heavy (non-hydrogen) atoms. The third-order valence-electron chi connectivity index (χ3n) is 3.51. The Morgan fingerprint density at radius 1 is 1.32 bits per heavy atom. The van der Waals surface area contributed by atoms with Crippen LogP contribution < -0.4 is 10.6 Å². The van der Waals surface area contributed by atoms with Gasteiger partial charge in [0.1, 0.15) is 0 Å². The molecule has 1 fully saturated rings. The molecule has 4 nitrogen and oxygen atoms in total. The molecule has 1 amide bonds. The van der Waals surface area contributed by atoms with Crippen LogP contribution in [0.2, 0.25) is 0 Å². The molecule has 2 N–H and O–H groups in total. The van der Waals surface area contributed by atoms with E-state index in [1.807, 2.05) is 12.3 Å². The maximum Gasteiger partial charge on any atom is 0.220 e. The first kappa shape index (κ1) is 12.1. The summed E-state index contributed by atoms with van der Waals surface area (Å²) in [5.41, 5.74) is 2.25. The SMILES string of the molecule is O=C1CCC(CNCc2cccc3cccnc23)N1. The minimum absolute atomic E-state index is 0.165. The van der Waals surface area contributed by atoms with Gasteiger partial charge >= 0.3 is 0 Å². The van der Waals surface area contributed by atoms with Gasteiger partial charge in [-0.3, -0.25) is 9.78 Å². The van der Waals surface area contributed by atoms with E-state index in [4.69, 9.17) is 0 Å². The second kappa shape index (κ2) is 5.36. The second-order valence-corrected chi connectivity index (χ2v) is 4.93. The van der Waals surface area contributed by atoms with E-state index in [9.17, 15) is 4.79 Å². The van der Waals surface area contributed by atoms with Gasteiger partial charge in [0.2, 0.25) is 5.91 Å². The van der Waals surface area contributed by atoms with Gasteiger partial charge in [-0.25, -0.2) is 0 Å². The second-order valence-electron chi connectivity index (χ2n) is 4.93. The number of aromatic nitrogens is 1. The highest BCUT2D eigenvalue weighted by atomic mass is 16.1. The number of carbonyl (C=O) groups excluding carboxylic acids is 1. The van der Waals surface area contributed by atoms with Crippen LogP contribution in [0.1, 0.15) is 18.4 Å². The van der Waals surface area contributed by atoms with E-state index in [-0.39, 0.29) is 11.9 Å². The third-order valence-corrected chi connectivity index (χ3v) is 3.51. The summed E-state index contributed by atoms with van der Waals surface area (Å²) in [5.74, 6) is 0.165. The molecule has 1 unspecified atom stereocenters. The van der Waals surface area contributed by atoms with Crippen LogP contribution in [0, 0.1) is 0 Å². The van der Waals surface area contributed by atoms with E-state index >= 15 is 0 Å². The van der Waals surface area contributed by atoms with Crippen molar-refractivity contribution in [3.05, 3.63) is 42.1 Å². The molecule has 4 heteroatoms. The minimum atomic E-state index is 0.165. The number of benzene rings is 1. The predicted molar refractivity (Wildman–Crippen MR) is 74.6 cm³/mol. The summed E-state index contributed by atoms with van der Waals surface area (Å²) in [4.78, 5) is 15.5. The number of carbonyl (C=O) groups is 1. The summed E-state index contributed by atoms with van der Waals surface area (Å²) >= 11 is 0. The smallest absolute Gasteiger partial charge is 0.220 e. The van der Waals surface area contributed by atoms with Crippen molar-refractivity contribution in [2.45, 2.75) is 25.4 Å². The molecule has 1 saturated heterocycles. The molecule has 2 heterocycles. The first-order chi connectivity index (χ1) is 9.33. The minimum Gasteiger partial charge on any atom is -0.352 e. The third kappa shape index (κ3) is 2.74. The number of pyridine rings is 1. The average Bonchev–Trinajstić information content (AvgIpc) is 2.85. The highest BCUT2D eigenvalue weighted by molar-refractivity contribution is 5.81. The van der Waals surface area contributed by atoms with Gasteiger partial charge < -0.3 is 10.6 Å². The quantitative estimate of drug-likeness (QED) is 0.872. The summed E-state index contributed by atoms with van der Waals surface area (Å²) in [6, 6.07) is 10.5. The van der Waals surface area contributed by atoms with E-state index in [0.29, 0.717) is 6.42 Å². The van der Waals surface area contributed by atoms with Gasteiger partial charge in [0.05, 0.1) is 5.52 Å². The molecule has 98 valence electrons. The largest absolute Gasteiger partial charge is 0.352 e. The van der Waals surface area contributed by atoms with Crippen molar-refractivity contribution < 1.29 is 4.79 Å². The molecule has 1 atom stereocenters. The summed E-state index contributed by atoms with van der Waals surface area (Å²) < 4.78 is 0. The summed E-state index contributed by atoms with van der Waals surface area (Å²) in [7, 11) is 0. The van der Waals surface area contributed by atoms with E-state index in [1.54, 1.807) is 0 Å². The summed E-state index contributed by atoms with van der Waals surface area (Å²) in [6.07, 6.45) is 3.41. The Morgan fingerprint density at radius 2 is 2.21 bits per heavy atom. The van der Waals surface area contributed by atoms with Gasteiger partial charge in [-0.2, -0.15) is 0 Å². The topological polar surface area (TPSA) is 54.0 Å². The number of rotatable bonds is 4. The number of amides is 1. The molecule has 0 radical (unpaired) electrons. The van der Waals surface area contributed by atoms with Crippen LogP contribution in [-0.4, -0.2) is 23.5 Å². The van der Waals surface area contributed by atoms with Crippen LogP contribution in [0.5, 0.6) is 0 Å². The molecule has 2 aromatic rings. The van der Waals surface area contributed by atoms with Gasteiger partial charge in [-0.05, 0) is 18.1 Å². The van der Waals surface area contributed by atoms with Crippen molar-refractivity contribution in [2.24, 2.45) is 0 Å². The van der Waals surface area contributed by atoms with Crippen LogP contribution in [-0.2, 0) is 11.3 Å². The first-order valence-corrected chi connectivity index (χ1v) is 6.65. The highest BCUT2D eigenvalue weighted by Gasteiger charge is 2.19. The Hall–Kier alpha value is -1.94. The Kier molecular flexibility index (Phi) is 3.42. The van der Waals surface area contributed by atoms with Crippen LogP contribution >= 0.6 is 0 Å². The monoisotopic (exact) mass is 255 g/mol. The normalized spacial score (nSPS) is 18.7. The Bertz CT molecular complexity index is 591. The van der Waals surface area contributed by atoms with Crippen LogP contribution in [0.3, 0.4) is 0 Å². The maximum absolute atomic E-state index is 11.1. The standard InChI is InChI=1S/C15H17N3O/c19-14-7-6-13(18-14)10-16-9-12-4-1-3-11-5-2-8-17-15(11)12/h1-5,8,13,16H,6-7,9-10H2,(H,18,19). The van der Waals surface area contributed by atoms with Crippen LogP contribution in [0.15, 0.2) is 36.5 Å². The fourth-order valence-corrected chi connectivity index (χ4v) is 2.52. The van der Waals surface area contributed by atoms with E-state index in [0.717, 1.165) is 30.4 Å². The first-order valence-electron chi connectivity index (χ1n) is 6.65. The van der Waals surface area contributed by atoms with Crippen molar-refractivity contribution in [1.29, 1.82) is 0 Å². The van der Waals surface area contributed by atoms with Crippen molar-refractivity contribution in [3.63, 3.8) is 0 Å². The number of fused-ring (bicyclic) bond motifs is 1. The maximum atomic E-state index is 11.1. The Morgan fingerprint density at radius 3 is 3.05 bits per heavy atom. The van der Waals surface area contributed by atoms with Gasteiger partial charge in [-0.1, -0.05) is 24.3 Å². The lowest BCUT2D eigenvalue weighted by Crippen LogP contribution is -2.35. The fourth-order valence-electron chi connectivity index (χ4n) is 2.52. The van der Waals surface area contributed by atoms with Crippen molar-refractivity contribution in [1.82, 2.24) is 15.6 Å². The summed E-state index contributed by atoms with van der Waals surface area (Å²) in [6.45, 7) is 1.59. The van der Waals surface area contributed by atoms with Crippen LogP contribution in [0.25, 0.3) is 10.9 Å². The molecule has 0 aliphatic carbocycles. The lowest BCUT2D eigenvalue weighted by molar-refractivity contribution is -0.119. The van der Waals surface area contributed by atoms with Gasteiger partial charge in [0.15, 0.2) is 0 Å². The Labute approximate surface area is 112 Å². The lowest BCUT2D eigenvalue weighted by Gasteiger charge is -2.12. The molecule has 0 saturated carbocycles. The molecule has 1 aromatic carbocycles. The number of nitrogens with one attached hydrogen (secondary N) is 2. The van der Waals surface area contributed by atoms with Gasteiger partial charge in [-0.15, -0.1) is 0 Å². The molecule has 1 aliphatic rings. The lowest BCUT2D eigenvalue weighted by atomic mass is 10.1. The van der Waals surface area contributed by atoms with E-state index in [1.165, 1.54) is 5.56 Å². The van der Waals surface area contributed by atoms with Crippen molar-refractivity contribution >= 4 is 16.8 Å². The molecule has 1 aliphatic heterocycles.